The highest BCUT2D eigenvalue weighted by molar-refractivity contribution is 7.92. The molecule has 13 nitrogen and oxygen atoms in total. The van der Waals surface area contributed by atoms with Gasteiger partial charge in [-0.25, -0.2) is 18.2 Å². The van der Waals surface area contributed by atoms with Crippen LogP contribution in [0.2, 0.25) is 5.02 Å². The molecule has 2 aromatic heterocycles. The molecule has 262 valence electrons. The number of benzene rings is 2. The van der Waals surface area contributed by atoms with Crippen LogP contribution in [0.4, 0.5) is 16.6 Å². The van der Waals surface area contributed by atoms with Gasteiger partial charge in [-0.15, -0.1) is 11.3 Å². The summed E-state index contributed by atoms with van der Waals surface area (Å²) in [7, 11) is -2.68. The van der Waals surface area contributed by atoms with Crippen LogP contribution in [0.5, 0.6) is 23.0 Å². The second-order valence-electron chi connectivity index (χ2n) is 11.7. The molecular formula is C33H37ClN4O9S2. The van der Waals surface area contributed by atoms with Crippen LogP contribution in [0, 0.1) is 0 Å². The Labute approximate surface area is 294 Å². The molecule has 1 fully saturated rings. The first-order chi connectivity index (χ1) is 23.4. The summed E-state index contributed by atoms with van der Waals surface area (Å²) < 4.78 is 63.4. The summed E-state index contributed by atoms with van der Waals surface area (Å²) >= 11 is 7.88. The lowest BCUT2D eigenvalue weighted by molar-refractivity contribution is 0.0449. The van der Waals surface area contributed by atoms with Crippen LogP contribution >= 0.6 is 22.9 Å². The third kappa shape index (κ3) is 9.73. The number of carbonyl (C=O) groups is 1. The maximum absolute atomic E-state index is 13.8. The summed E-state index contributed by atoms with van der Waals surface area (Å²) in [6.45, 7) is 7.64. The van der Waals surface area contributed by atoms with Crippen LogP contribution in [-0.4, -0.2) is 71.2 Å². The third-order valence-corrected chi connectivity index (χ3v) is 9.54. The molecule has 0 amide bonds. The lowest BCUT2D eigenvalue weighted by atomic mass is 9.87. The fourth-order valence-corrected chi connectivity index (χ4v) is 6.28. The molecule has 0 aliphatic carbocycles. The van der Waals surface area contributed by atoms with Crippen molar-refractivity contribution < 1.29 is 41.6 Å². The van der Waals surface area contributed by atoms with Crippen LogP contribution in [-0.2, 0) is 36.3 Å². The SMILES string of the molecule is COc1ccc(Cl)c(Oc2c(COCCOC(=O)Oc3ccsc3)nc(N3CCOCC3)nc2NS(=O)(=O)c2ccc(C(C)(C)C)cc2)c1. The summed E-state index contributed by atoms with van der Waals surface area (Å²) in [6, 6.07) is 13.1. The van der Waals surface area contributed by atoms with Gasteiger partial charge in [0.1, 0.15) is 29.5 Å². The topological polar surface area (TPSA) is 148 Å². The number of sulfonamides is 1. The van der Waals surface area contributed by atoms with Gasteiger partial charge in [-0.05, 0) is 46.7 Å². The Morgan fingerprint density at radius 2 is 1.80 bits per heavy atom. The van der Waals surface area contributed by atoms with Gasteiger partial charge in [-0.2, -0.15) is 4.98 Å². The van der Waals surface area contributed by atoms with E-state index in [4.69, 9.17) is 45.0 Å². The minimum Gasteiger partial charge on any atom is -0.497 e. The van der Waals surface area contributed by atoms with Crippen molar-refractivity contribution in [1.82, 2.24) is 9.97 Å². The minimum absolute atomic E-state index is 0.0293. The molecule has 1 aliphatic rings. The molecule has 0 saturated carbocycles. The number of methoxy groups -OCH3 is 1. The molecule has 1 saturated heterocycles. The fourth-order valence-electron chi connectivity index (χ4n) is 4.57. The zero-order chi connectivity index (χ0) is 35.0. The van der Waals surface area contributed by atoms with Crippen molar-refractivity contribution in [3.63, 3.8) is 0 Å². The van der Waals surface area contributed by atoms with Crippen molar-refractivity contribution in [2.75, 3.05) is 56.2 Å². The van der Waals surface area contributed by atoms with Gasteiger partial charge in [0.05, 0.1) is 43.5 Å². The van der Waals surface area contributed by atoms with Gasteiger partial charge in [0.2, 0.25) is 5.95 Å². The van der Waals surface area contributed by atoms with Crippen molar-refractivity contribution in [2.24, 2.45) is 0 Å². The Hall–Kier alpha value is -4.15. The number of nitrogens with zero attached hydrogens (tertiary/aromatic N) is 3. The highest BCUT2D eigenvalue weighted by Crippen LogP contribution is 2.39. The number of halogens is 1. The average Bonchev–Trinajstić information content (AvgIpc) is 3.59. The van der Waals surface area contributed by atoms with Crippen LogP contribution in [0.15, 0.2) is 64.2 Å². The molecule has 1 aliphatic heterocycles. The highest BCUT2D eigenvalue weighted by atomic mass is 35.5. The Kier molecular flexibility index (Phi) is 11.8. The Balaban J connectivity index is 1.47. The number of anilines is 2. The summed E-state index contributed by atoms with van der Waals surface area (Å²) in [6.07, 6.45) is -0.873. The monoisotopic (exact) mass is 732 g/mol. The maximum atomic E-state index is 13.8. The molecule has 1 N–H and O–H groups in total. The molecule has 4 aromatic rings. The number of thiophene rings is 1. The number of aromatic nitrogens is 2. The number of hydrogen-bond donors (Lipinski definition) is 1. The molecule has 2 aromatic carbocycles. The minimum atomic E-state index is -4.17. The molecule has 0 atom stereocenters. The van der Waals surface area contributed by atoms with Crippen LogP contribution in [0.25, 0.3) is 0 Å². The van der Waals surface area contributed by atoms with E-state index in [1.807, 2.05) is 25.7 Å². The van der Waals surface area contributed by atoms with Crippen molar-refractivity contribution in [3.05, 3.63) is 75.6 Å². The average molecular weight is 733 g/mol. The molecular weight excluding hydrogens is 696 g/mol. The van der Waals surface area contributed by atoms with E-state index >= 15 is 0 Å². The molecule has 0 radical (unpaired) electrons. The second kappa shape index (κ2) is 16.0. The predicted molar refractivity (Wildman–Crippen MR) is 185 cm³/mol. The largest absolute Gasteiger partial charge is 0.513 e. The van der Waals surface area contributed by atoms with E-state index in [0.29, 0.717) is 37.8 Å². The number of carbonyl (C=O) groups excluding carboxylic acids is 1. The van der Waals surface area contributed by atoms with Crippen molar-refractivity contribution >= 4 is 50.9 Å². The van der Waals surface area contributed by atoms with E-state index in [1.165, 1.54) is 18.4 Å². The quantitative estimate of drug-likeness (QED) is 0.116. The standard InChI is InChI=1S/C33H37ClN4O9S2/c1-33(2,3)22-5-8-25(9-6-22)49(40,41)37-30-29(47-28-19-23(42-4)7-10-26(28)34)27(35-31(36-30)38-12-14-43-15-13-38)20-44-16-17-45-32(39)46-24-11-18-48-21-24/h5-11,18-19,21H,12-17,20H2,1-4H3,(H,35,36,37). The number of hydrogen-bond acceptors (Lipinski definition) is 13. The molecule has 49 heavy (non-hydrogen) atoms. The lowest BCUT2D eigenvalue weighted by Crippen LogP contribution is -2.37. The van der Waals surface area contributed by atoms with E-state index in [0.717, 1.165) is 5.56 Å². The molecule has 0 bridgehead atoms. The zero-order valence-electron chi connectivity index (χ0n) is 27.4. The van der Waals surface area contributed by atoms with E-state index in [2.05, 4.69) is 9.71 Å². The number of rotatable bonds is 13. The number of morpholine rings is 1. The molecule has 16 heteroatoms. The smallest absolute Gasteiger partial charge is 0.497 e. The fraction of sp³-hybridized carbons (Fsp3) is 0.364. The van der Waals surface area contributed by atoms with E-state index in [-0.39, 0.29) is 64.1 Å². The predicted octanol–water partition coefficient (Wildman–Crippen LogP) is 6.66. The summed E-state index contributed by atoms with van der Waals surface area (Å²) in [5, 5.41) is 3.67. The Morgan fingerprint density at radius 1 is 1.04 bits per heavy atom. The van der Waals surface area contributed by atoms with Crippen LogP contribution in [0.1, 0.15) is 32.0 Å². The van der Waals surface area contributed by atoms with Gasteiger partial charge in [-0.3, -0.25) is 4.72 Å². The maximum Gasteiger partial charge on any atom is 0.513 e. The third-order valence-electron chi connectivity index (χ3n) is 7.21. The summed E-state index contributed by atoms with van der Waals surface area (Å²) in [5.41, 5.74) is 1.01. The summed E-state index contributed by atoms with van der Waals surface area (Å²) in [4.78, 5) is 23.3. The lowest BCUT2D eigenvalue weighted by Gasteiger charge is -2.28. The Bertz CT molecular complexity index is 1830. The molecule has 3 heterocycles. The first-order valence-corrected chi connectivity index (χ1v) is 18.1. The van der Waals surface area contributed by atoms with Gasteiger partial charge in [0.25, 0.3) is 10.0 Å². The molecule has 0 unspecified atom stereocenters. The van der Waals surface area contributed by atoms with Crippen molar-refractivity contribution in [3.8, 4) is 23.0 Å². The molecule has 0 spiro atoms. The van der Waals surface area contributed by atoms with Crippen molar-refractivity contribution in [2.45, 2.75) is 37.7 Å². The van der Waals surface area contributed by atoms with Crippen LogP contribution in [0.3, 0.4) is 0 Å². The Morgan fingerprint density at radius 3 is 2.47 bits per heavy atom. The highest BCUT2D eigenvalue weighted by Gasteiger charge is 2.27. The van der Waals surface area contributed by atoms with Gasteiger partial charge >= 0.3 is 6.16 Å². The van der Waals surface area contributed by atoms with E-state index in [1.54, 1.807) is 59.3 Å². The zero-order valence-corrected chi connectivity index (χ0v) is 29.8. The van der Waals surface area contributed by atoms with Gasteiger partial charge < -0.3 is 33.3 Å². The van der Waals surface area contributed by atoms with Crippen LogP contribution < -0.4 is 23.8 Å². The van der Waals surface area contributed by atoms with E-state index in [9.17, 15) is 13.2 Å². The molecule has 5 rings (SSSR count). The number of nitrogens with one attached hydrogen (secondary N) is 1. The van der Waals surface area contributed by atoms with Gasteiger partial charge in [-0.1, -0.05) is 44.5 Å². The number of ether oxygens (including phenoxy) is 6. The van der Waals surface area contributed by atoms with E-state index < -0.39 is 16.2 Å². The van der Waals surface area contributed by atoms with Crippen molar-refractivity contribution in [1.29, 1.82) is 0 Å². The summed E-state index contributed by atoms with van der Waals surface area (Å²) in [5.74, 6) is 1.06. The van der Waals surface area contributed by atoms with Gasteiger partial charge in [0, 0.05) is 24.5 Å². The normalized spacial score (nSPS) is 13.5. The second-order valence-corrected chi connectivity index (χ2v) is 14.6. The first-order valence-electron chi connectivity index (χ1n) is 15.3. The van der Waals surface area contributed by atoms with Gasteiger partial charge in [0.15, 0.2) is 11.6 Å². The first kappa shape index (κ1) is 36.1.